The van der Waals surface area contributed by atoms with E-state index >= 15 is 0 Å². The minimum atomic E-state index is -0.438. The molecule has 0 bridgehead atoms. The summed E-state index contributed by atoms with van der Waals surface area (Å²) in [5.74, 6) is -0.342. The lowest BCUT2D eigenvalue weighted by Gasteiger charge is -2.04. The van der Waals surface area contributed by atoms with Crippen LogP contribution in [0.4, 0.5) is 8.78 Å². The van der Waals surface area contributed by atoms with Crippen LogP contribution in [0.5, 0.6) is 0 Å². The fourth-order valence-corrected chi connectivity index (χ4v) is 1.71. The summed E-state index contributed by atoms with van der Waals surface area (Å²) in [5, 5.41) is 0. The van der Waals surface area contributed by atoms with Crippen molar-refractivity contribution in [2.45, 2.75) is 4.90 Å². The van der Waals surface area contributed by atoms with E-state index < -0.39 is 11.6 Å². The monoisotopic (exact) mass is 215 g/mol. The van der Waals surface area contributed by atoms with Crippen LogP contribution in [0.1, 0.15) is 0 Å². The lowest BCUT2D eigenvalue weighted by Crippen LogP contribution is -2.03. The van der Waals surface area contributed by atoms with Gasteiger partial charge in [-0.1, -0.05) is 12.2 Å². The molecule has 0 saturated carbocycles. The molecule has 1 rings (SSSR count). The van der Waals surface area contributed by atoms with Gasteiger partial charge in [0.1, 0.15) is 11.6 Å². The molecule has 1 aromatic carbocycles. The third-order valence-corrected chi connectivity index (χ3v) is 2.79. The molecular formula is C10H11F2NS. The molecule has 14 heavy (non-hydrogen) atoms. The van der Waals surface area contributed by atoms with E-state index in [-0.39, 0.29) is 0 Å². The van der Waals surface area contributed by atoms with E-state index in [9.17, 15) is 8.78 Å². The van der Waals surface area contributed by atoms with E-state index in [4.69, 9.17) is 5.73 Å². The first-order chi connectivity index (χ1) is 6.63. The summed E-state index contributed by atoms with van der Waals surface area (Å²) in [5.41, 5.74) is 6.13. The third kappa shape index (κ3) is 3.12. The molecule has 1 aromatic rings. The highest BCUT2D eigenvalue weighted by Crippen LogP contribution is 2.23. The third-order valence-electron chi connectivity index (χ3n) is 1.61. The highest BCUT2D eigenvalue weighted by atomic mass is 32.2. The first kappa shape index (κ1) is 11.2. The number of halogens is 2. The Balaban J connectivity index is 2.66. The van der Waals surface area contributed by atoms with Gasteiger partial charge in [-0.05, 0) is 18.2 Å². The first-order valence-corrected chi connectivity index (χ1v) is 5.06. The van der Waals surface area contributed by atoms with Crippen molar-refractivity contribution in [3.05, 3.63) is 42.0 Å². The molecule has 2 N–H and O–H groups in total. The quantitative estimate of drug-likeness (QED) is 0.617. The van der Waals surface area contributed by atoms with E-state index in [0.717, 1.165) is 17.7 Å². The zero-order valence-corrected chi connectivity index (χ0v) is 8.41. The molecular weight excluding hydrogens is 204 g/mol. The van der Waals surface area contributed by atoms with Crippen molar-refractivity contribution < 1.29 is 8.78 Å². The molecule has 0 fully saturated rings. The van der Waals surface area contributed by atoms with Crippen LogP contribution < -0.4 is 5.73 Å². The van der Waals surface area contributed by atoms with Crippen LogP contribution in [0.2, 0.25) is 0 Å². The van der Waals surface area contributed by atoms with Crippen molar-refractivity contribution in [3.8, 4) is 0 Å². The number of hydrogen-bond donors (Lipinski definition) is 1. The van der Waals surface area contributed by atoms with Crippen molar-refractivity contribution in [3.63, 3.8) is 0 Å². The Morgan fingerprint density at radius 3 is 2.79 bits per heavy atom. The second-order valence-electron chi connectivity index (χ2n) is 2.82. The number of benzene rings is 1. The molecule has 0 aliphatic heterocycles. The molecule has 0 aliphatic carbocycles. The molecule has 0 saturated heterocycles. The van der Waals surface area contributed by atoms with E-state index in [1.807, 2.05) is 0 Å². The summed E-state index contributed by atoms with van der Waals surface area (Å²) < 4.78 is 25.8. The van der Waals surface area contributed by atoms with Gasteiger partial charge in [0.2, 0.25) is 0 Å². The predicted octanol–water partition coefficient (Wildman–Crippen LogP) is 2.57. The van der Waals surface area contributed by atoms with Crippen molar-refractivity contribution >= 4 is 11.8 Å². The molecule has 0 amide bonds. The second kappa shape index (κ2) is 5.12. The fourth-order valence-electron chi connectivity index (χ4n) is 0.827. The van der Waals surface area contributed by atoms with Crippen LogP contribution in [-0.2, 0) is 0 Å². The predicted molar refractivity (Wildman–Crippen MR) is 55.3 cm³/mol. The Hall–Kier alpha value is -0.870. The van der Waals surface area contributed by atoms with Gasteiger partial charge < -0.3 is 5.73 Å². The van der Waals surface area contributed by atoms with Gasteiger partial charge >= 0.3 is 0 Å². The Kier molecular flexibility index (Phi) is 4.10. The van der Waals surface area contributed by atoms with Gasteiger partial charge in [0.05, 0.1) is 0 Å². The highest BCUT2D eigenvalue weighted by molar-refractivity contribution is 7.99. The average Bonchev–Trinajstić information content (AvgIpc) is 2.19. The summed E-state index contributed by atoms with van der Waals surface area (Å²) in [6, 6.07) is 3.38. The largest absolute Gasteiger partial charge is 0.327 e. The summed E-state index contributed by atoms with van der Waals surface area (Å²) in [6.07, 6.45) is 0. The topological polar surface area (TPSA) is 26.0 Å². The van der Waals surface area contributed by atoms with Crippen LogP contribution in [0, 0.1) is 11.6 Å². The molecule has 0 unspecified atom stereocenters. The maximum atomic E-state index is 13.1. The number of hydrogen-bond acceptors (Lipinski definition) is 2. The van der Waals surface area contributed by atoms with Gasteiger partial charge in [-0.2, -0.15) is 0 Å². The van der Waals surface area contributed by atoms with E-state index in [2.05, 4.69) is 6.58 Å². The van der Waals surface area contributed by atoms with Gasteiger partial charge in [-0.25, -0.2) is 8.78 Å². The maximum absolute atomic E-state index is 13.1. The average molecular weight is 215 g/mol. The standard InChI is InChI=1S/C10H11F2NS/c1-7(5-13)6-14-10-4-8(11)2-3-9(10)12/h2-4H,1,5-6,13H2. The zero-order valence-electron chi connectivity index (χ0n) is 7.59. The summed E-state index contributed by atoms with van der Waals surface area (Å²) in [4.78, 5) is 0.291. The van der Waals surface area contributed by atoms with Gasteiger partial charge in [-0.15, -0.1) is 11.8 Å². The molecule has 0 heterocycles. The Morgan fingerprint density at radius 1 is 1.43 bits per heavy atom. The maximum Gasteiger partial charge on any atom is 0.136 e. The lowest BCUT2D eigenvalue weighted by molar-refractivity contribution is 0.577. The van der Waals surface area contributed by atoms with Crippen LogP contribution >= 0.6 is 11.8 Å². The minimum Gasteiger partial charge on any atom is -0.327 e. The number of rotatable bonds is 4. The van der Waals surface area contributed by atoms with Crippen molar-refractivity contribution in [1.82, 2.24) is 0 Å². The van der Waals surface area contributed by atoms with E-state index in [0.29, 0.717) is 17.2 Å². The SMILES string of the molecule is C=C(CN)CSc1cc(F)ccc1F. The summed E-state index contributed by atoms with van der Waals surface area (Å²) >= 11 is 1.20. The van der Waals surface area contributed by atoms with Crippen molar-refractivity contribution in [2.75, 3.05) is 12.3 Å². The first-order valence-electron chi connectivity index (χ1n) is 4.08. The Labute approximate surface area is 86.0 Å². The fraction of sp³-hybridized carbons (Fsp3) is 0.200. The Bertz CT molecular complexity index is 339. The molecule has 4 heteroatoms. The molecule has 0 aromatic heterocycles. The zero-order chi connectivity index (χ0) is 10.6. The summed E-state index contributed by atoms with van der Waals surface area (Å²) in [6.45, 7) is 4.04. The van der Waals surface area contributed by atoms with Gasteiger partial charge in [0, 0.05) is 17.2 Å². The van der Waals surface area contributed by atoms with E-state index in [1.165, 1.54) is 17.8 Å². The number of thioether (sulfide) groups is 1. The van der Waals surface area contributed by atoms with Crippen LogP contribution in [-0.4, -0.2) is 12.3 Å². The number of nitrogens with two attached hydrogens (primary N) is 1. The van der Waals surface area contributed by atoms with Crippen molar-refractivity contribution in [1.29, 1.82) is 0 Å². The lowest BCUT2D eigenvalue weighted by atomic mass is 10.3. The normalized spacial score (nSPS) is 10.2. The molecule has 0 spiro atoms. The summed E-state index contributed by atoms with van der Waals surface area (Å²) in [7, 11) is 0. The highest BCUT2D eigenvalue weighted by Gasteiger charge is 2.04. The molecule has 76 valence electrons. The minimum absolute atomic E-state index is 0.291. The molecule has 0 aliphatic rings. The van der Waals surface area contributed by atoms with Crippen molar-refractivity contribution in [2.24, 2.45) is 5.73 Å². The van der Waals surface area contributed by atoms with Gasteiger partial charge in [0.15, 0.2) is 0 Å². The second-order valence-corrected chi connectivity index (χ2v) is 3.83. The smallest absolute Gasteiger partial charge is 0.136 e. The van der Waals surface area contributed by atoms with Crippen LogP contribution in [0.15, 0.2) is 35.2 Å². The molecule has 1 nitrogen and oxygen atoms in total. The van der Waals surface area contributed by atoms with E-state index in [1.54, 1.807) is 0 Å². The van der Waals surface area contributed by atoms with Gasteiger partial charge in [0.25, 0.3) is 0 Å². The van der Waals surface area contributed by atoms with Crippen LogP contribution in [0.3, 0.4) is 0 Å². The Morgan fingerprint density at radius 2 is 2.14 bits per heavy atom. The molecule has 0 atom stereocenters. The van der Waals surface area contributed by atoms with Crippen LogP contribution in [0.25, 0.3) is 0 Å². The van der Waals surface area contributed by atoms with Gasteiger partial charge in [-0.3, -0.25) is 0 Å². The molecule has 0 radical (unpaired) electrons.